The Bertz CT molecular complexity index is 1110. The maximum absolute atomic E-state index is 12.7. The van der Waals surface area contributed by atoms with Crippen molar-refractivity contribution < 1.29 is 4.74 Å². The van der Waals surface area contributed by atoms with Crippen LogP contribution in [0.2, 0.25) is 0 Å². The van der Waals surface area contributed by atoms with E-state index in [4.69, 9.17) is 9.72 Å². The van der Waals surface area contributed by atoms with E-state index in [1.165, 1.54) is 4.57 Å². The molecule has 1 saturated heterocycles. The monoisotopic (exact) mass is 392 g/mol. The molecule has 3 aromatic heterocycles. The number of ether oxygens (including phenoxy) is 1. The average molecular weight is 392 g/mol. The van der Waals surface area contributed by atoms with Gasteiger partial charge in [-0.25, -0.2) is 15.0 Å². The molecular formula is C21H24N6O2. The van der Waals surface area contributed by atoms with Crippen molar-refractivity contribution in [3.63, 3.8) is 0 Å². The van der Waals surface area contributed by atoms with Crippen LogP contribution in [0.15, 0.2) is 35.5 Å². The minimum atomic E-state index is -0.0906. The van der Waals surface area contributed by atoms with Gasteiger partial charge in [-0.05, 0) is 38.0 Å². The van der Waals surface area contributed by atoms with Gasteiger partial charge in [-0.1, -0.05) is 0 Å². The lowest BCUT2D eigenvalue weighted by atomic mass is 10.1. The maximum atomic E-state index is 12.7. The molecule has 0 unspecified atom stereocenters. The zero-order valence-electron chi connectivity index (χ0n) is 16.6. The van der Waals surface area contributed by atoms with Crippen LogP contribution in [0, 0.1) is 0 Å². The second-order valence-corrected chi connectivity index (χ2v) is 7.86. The van der Waals surface area contributed by atoms with E-state index in [1.807, 2.05) is 24.4 Å². The number of nitrogens with one attached hydrogen (secondary N) is 1. The standard InChI is InChI=1S/C21H24N6O2/c1-13-11-27(7-8-29-13)18-6-3-14(10-22-18)16-9-17-19(21(28)26(2)12-23-17)20(25-16)24-15-4-5-15/h3,6,9-10,12-13,15H,4-5,7-8,11H2,1-2H3,(H,24,25)/t13-/m1/s1. The molecule has 150 valence electrons. The minimum Gasteiger partial charge on any atom is -0.375 e. The summed E-state index contributed by atoms with van der Waals surface area (Å²) in [5.41, 5.74) is 2.22. The number of nitrogens with zero attached hydrogens (tertiary/aromatic N) is 5. The van der Waals surface area contributed by atoms with Crippen LogP contribution < -0.4 is 15.8 Å². The number of morpholine rings is 1. The first-order valence-electron chi connectivity index (χ1n) is 10.0. The molecule has 1 N–H and O–H groups in total. The summed E-state index contributed by atoms with van der Waals surface area (Å²) in [5.74, 6) is 1.55. The minimum absolute atomic E-state index is 0.0906. The molecule has 2 aliphatic rings. The Morgan fingerprint density at radius 3 is 2.83 bits per heavy atom. The maximum Gasteiger partial charge on any atom is 0.264 e. The first-order chi connectivity index (χ1) is 14.1. The molecule has 5 rings (SSSR count). The van der Waals surface area contributed by atoms with Gasteiger partial charge in [-0.2, -0.15) is 0 Å². The van der Waals surface area contributed by atoms with Gasteiger partial charge in [0.05, 0.1) is 30.2 Å². The van der Waals surface area contributed by atoms with Gasteiger partial charge in [0.25, 0.3) is 5.56 Å². The van der Waals surface area contributed by atoms with E-state index >= 15 is 0 Å². The topological polar surface area (TPSA) is 85.2 Å². The normalized spacial score (nSPS) is 19.5. The number of aromatic nitrogens is 4. The van der Waals surface area contributed by atoms with Crippen LogP contribution in [0.25, 0.3) is 22.2 Å². The predicted molar refractivity (Wildman–Crippen MR) is 112 cm³/mol. The van der Waals surface area contributed by atoms with Crippen LogP contribution in [-0.4, -0.2) is 51.4 Å². The number of aryl methyl sites for hydroxylation is 1. The molecule has 4 heterocycles. The highest BCUT2D eigenvalue weighted by molar-refractivity contribution is 5.91. The van der Waals surface area contributed by atoms with Crippen molar-refractivity contribution in [2.75, 3.05) is 29.9 Å². The third-order valence-electron chi connectivity index (χ3n) is 5.43. The number of hydrogen-bond donors (Lipinski definition) is 1. The van der Waals surface area contributed by atoms with Crippen LogP contribution in [0.1, 0.15) is 19.8 Å². The predicted octanol–water partition coefficient (Wildman–Crippen LogP) is 2.19. The quantitative estimate of drug-likeness (QED) is 0.728. The average Bonchev–Trinajstić information content (AvgIpc) is 3.55. The summed E-state index contributed by atoms with van der Waals surface area (Å²) in [6, 6.07) is 6.29. The van der Waals surface area contributed by atoms with Gasteiger partial charge >= 0.3 is 0 Å². The highest BCUT2D eigenvalue weighted by Crippen LogP contribution is 2.30. The van der Waals surface area contributed by atoms with E-state index < -0.39 is 0 Å². The van der Waals surface area contributed by atoms with E-state index in [0.29, 0.717) is 29.4 Å². The molecule has 0 aromatic carbocycles. The second-order valence-electron chi connectivity index (χ2n) is 7.86. The van der Waals surface area contributed by atoms with E-state index in [0.717, 1.165) is 43.0 Å². The molecule has 1 aliphatic carbocycles. The van der Waals surface area contributed by atoms with Crippen molar-refractivity contribution in [2.24, 2.45) is 7.05 Å². The number of fused-ring (bicyclic) bond motifs is 1. The summed E-state index contributed by atoms with van der Waals surface area (Å²) in [6.45, 7) is 4.47. The van der Waals surface area contributed by atoms with Crippen LogP contribution >= 0.6 is 0 Å². The van der Waals surface area contributed by atoms with Crippen molar-refractivity contribution in [3.8, 4) is 11.3 Å². The van der Waals surface area contributed by atoms with Gasteiger partial charge in [0.1, 0.15) is 17.0 Å². The molecule has 3 aromatic rings. The first kappa shape index (κ1) is 18.1. The lowest BCUT2D eigenvalue weighted by Gasteiger charge is -2.32. The zero-order valence-corrected chi connectivity index (χ0v) is 16.6. The molecule has 8 heteroatoms. The van der Waals surface area contributed by atoms with Gasteiger partial charge in [0.15, 0.2) is 0 Å². The summed E-state index contributed by atoms with van der Waals surface area (Å²) in [5, 5.41) is 3.94. The number of hydrogen-bond acceptors (Lipinski definition) is 7. The Hall–Kier alpha value is -3.00. The van der Waals surface area contributed by atoms with E-state index in [1.54, 1.807) is 13.4 Å². The van der Waals surface area contributed by atoms with Gasteiger partial charge in [-0.15, -0.1) is 0 Å². The fraction of sp³-hybridized carbons (Fsp3) is 0.429. The number of anilines is 2. The van der Waals surface area contributed by atoms with Crippen LogP contribution in [0.4, 0.5) is 11.6 Å². The molecule has 0 radical (unpaired) electrons. The van der Waals surface area contributed by atoms with E-state index in [9.17, 15) is 4.79 Å². The molecule has 0 bridgehead atoms. The molecule has 29 heavy (non-hydrogen) atoms. The molecule has 0 amide bonds. The molecule has 2 fully saturated rings. The van der Waals surface area contributed by atoms with Gasteiger partial charge in [0.2, 0.25) is 0 Å². The lowest BCUT2D eigenvalue weighted by Crippen LogP contribution is -2.41. The first-order valence-corrected chi connectivity index (χ1v) is 10.0. The summed E-state index contributed by atoms with van der Waals surface area (Å²) in [7, 11) is 1.71. The van der Waals surface area contributed by atoms with Crippen LogP contribution in [-0.2, 0) is 11.8 Å². The van der Waals surface area contributed by atoms with Crippen molar-refractivity contribution in [1.82, 2.24) is 19.5 Å². The molecule has 1 atom stereocenters. The fourth-order valence-electron chi connectivity index (χ4n) is 3.65. The van der Waals surface area contributed by atoms with Crippen molar-refractivity contribution in [1.29, 1.82) is 0 Å². The Morgan fingerprint density at radius 2 is 2.10 bits per heavy atom. The Balaban J connectivity index is 1.52. The lowest BCUT2D eigenvalue weighted by molar-refractivity contribution is 0.0529. The number of pyridine rings is 2. The highest BCUT2D eigenvalue weighted by atomic mass is 16.5. The molecule has 0 spiro atoms. The molecule has 1 saturated carbocycles. The summed E-state index contributed by atoms with van der Waals surface area (Å²) >= 11 is 0. The fourth-order valence-corrected chi connectivity index (χ4v) is 3.65. The Labute approximate surface area is 168 Å². The third-order valence-corrected chi connectivity index (χ3v) is 5.43. The number of rotatable bonds is 4. The molecule has 1 aliphatic heterocycles. The van der Waals surface area contributed by atoms with Crippen molar-refractivity contribution in [2.45, 2.75) is 31.9 Å². The molecule has 8 nitrogen and oxygen atoms in total. The Morgan fingerprint density at radius 1 is 1.24 bits per heavy atom. The van der Waals surface area contributed by atoms with Gasteiger partial charge < -0.3 is 19.5 Å². The van der Waals surface area contributed by atoms with Crippen molar-refractivity contribution >= 4 is 22.5 Å². The largest absolute Gasteiger partial charge is 0.375 e. The van der Waals surface area contributed by atoms with Crippen LogP contribution in [0.5, 0.6) is 0 Å². The Kier molecular flexibility index (Phi) is 4.43. The second kappa shape index (κ2) is 7.11. The van der Waals surface area contributed by atoms with Crippen LogP contribution in [0.3, 0.4) is 0 Å². The smallest absolute Gasteiger partial charge is 0.264 e. The third kappa shape index (κ3) is 3.55. The SMILES string of the molecule is C[C@@H]1CN(c2ccc(-c3cc4ncn(C)c(=O)c4c(NC4CC4)n3)cn2)CCO1. The van der Waals surface area contributed by atoms with E-state index in [-0.39, 0.29) is 11.7 Å². The summed E-state index contributed by atoms with van der Waals surface area (Å²) in [6.07, 6.45) is 5.80. The zero-order chi connectivity index (χ0) is 20.0. The molecular weight excluding hydrogens is 368 g/mol. The van der Waals surface area contributed by atoms with E-state index in [2.05, 4.69) is 27.1 Å². The van der Waals surface area contributed by atoms with Gasteiger partial charge in [-0.3, -0.25) is 4.79 Å². The summed E-state index contributed by atoms with van der Waals surface area (Å²) < 4.78 is 7.10. The summed E-state index contributed by atoms with van der Waals surface area (Å²) in [4.78, 5) is 28.8. The van der Waals surface area contributed by atoms with Gasteiger partial charge in [0, 0.05) is 37.9 Å². The highest BCUT2D eigenvalue weighted by Gasteiger charge is 2.24. The van der Waals surface area contributed by atoms with Crippen molar-refractivity contribution in [3.05, 3.63) is 41.1 Å².